The van der Waals surface area contributed by atoms with Crippen LogP contribution in [0.3, 0.4) is 0 Å². The summed E-state index contributed by atoms with van der Waals surface area (Å²) in [6.45, 7) is 3.68. The van der Waals surface area contributed by atoms with Crippen molar-refractivity contribution in [2.75, 3.05) is 16.8 Å². The van der Waals surface area contributed by atoms with E-state index in [2.05, 4.69) is 16.6 Å². The SMILES string of the molecule is CCS(=O)(=O)c1c(N)nsc1NC(C)C1CC1. The molecule has 1 saturated carbocycles. The first-order chi connectivity index (χ1) is 7.95. The number of hydrogen-bond donors (Lipinski definition) is 2. The molecule has 1 aromatic heterocycles. The molecule has 1 aromatic rings. The molecule has 0 spiro atoms. The molecular weight excluding hydrogens is 258 g/mol. The highest BCUT2D eigenvalue weighted by atomic mass is 32.2. The van der Waals surface area contributed by atoms with Crippen molar-refractivity contribution in [1.29, 1.82) is 0 Å². The molecule has 1 heterocycles. The summed E-state index contributed by atoms with van der Waals surface area (Å²) in [7, 11) is -3.31. The fourth-order valence-electron chi connectivity index (χ4n) is 1.75. The summed E-state index contributed by atoms with van der Waals surface area (Å²) in [5.41, 5.74) is 5.65. The highest BCUT2D eigenvalue weighted by Crippen LogP contribution is 2.38. The topological polar surface area (TPSA) is 85.1 Å². The van der Waals surface area contributed by atoms with Gasteiger partial charge in [0.05, 0.1) is 5.75 Å². The second-order valence-corrected chi connectivity index (χ2v) is 7.39. The molecule has 0 aliphatic heterocycles. The van der Waals surface area contributed by atoms with E-state index in [1.54, 1.807) is 6.92 Å². The Morgan fingerprint density at radius 2 is 2.24 bits per heavy atom. The Morgan fingerprint density at radius 1 is 1.59 bits per heavy atom. The fourth-order valence-corrected chi connectivity index (χ4v) is 4.00. The summed E-state index contributed by atoms with van der Waals surface area (Å²) in [5.74, 6) is 0.806. The predicted octanol–water partition coefficient (Wildman–Crippen LogP) is 1.73. The Labute approximate surface area is 105 Å². The molecule has 1 aliphatic carbocycles. The molecule has 7 heteroatoms. The smallest absolute Gasteiger partial charge is 0.184 e. The monoisotopic (exact) mass is 275 g/mol. The molecule has 5 nitrogen and oxygen atoms in total. The van der Waals surface area contributed by atoms with Gasteiger partial charge in [-0.25, -0.2) is 8.42 Å². The van der Waals surface area contributed by atoms with Crippen LogP contribution >= 0.6 is 11.5 Å². The average molecular weight is 275 g/mol. The number of nitrogen functional groups attached to an aromatic ring is 1. The quantitative estimate of drug-likeness (QED) is 0.854. The molecule has 0 radical (unpaired) electrons. The van der Waals surface area contributed by atoms with Crippen LogP contribution in [-0.2, 0) is 9.84 Å². The number of nitrogens with one attached hydrogen (secondary N) is 1. The van der Waals surface area contributed by atoms with Gasteiger partial charge in [0.1, 0.15) is 9.90 Å². The van der Waals surface area contributed by atoms with E-state index in [-0.39, 0.29) is 22.5 Å². The highest BCUT2D eigenvalue weighted by Gasteiger charge is 2.31. The molecule has 0 aromatic carbocycles. The van der Waals surface area contributed by atoms with Gasteiger partial charge in [-0.2, -0.15) is 4.37 Å². The van der Waals surface area contributed by atoms with Crippen molar-refractivity contribution in [2.24, 2.45) is 5.92 Å². The van der Waals surface area contributed by atoms with Crippen LogP contribution in [0.4, 0.5) is 10.8 Å². The van der Waals surface area contributed by atoms with Crippen molar-refractivity contribution < 1.29 is 8.42 Å². The largest absolute Gasteiger partial charge is 0.382 e. The molecule has 2 rings (SSSR count). The van der Waals surface area contributed by atoms with E-state index in [0.717, 1.165) is 11.5 Å². The van der Waals surface area contributed by atoms with Gasteiger partial charge in [-0.05, 0) is 37.2 Å². The summed E-state index contributed by atoms with van der Waals surface area (Å²) in [5, 5.41) is 3.82. The van der Waals surface area contributed by atoms with Gasteiger partial charge in [0.25, 0.3) is 0 Å². The van der Waals surface area contributed by atoms with Crippen LogP contribution < -0.4 is 11.1 Å². The standard InChI is InChI=1S/C10H17N3O2S2/c1-3-17(14,15)8-9(11)13-16-10(8)12-6(2)7-4-5-7/h6-7,12H,3-5H2,1-2H3,(H2,11,13). The summed E-state index contributed by atoms with van der Waals surface area (Å²) in [6.07, 6.45) is 2.41. The van der Waals surface area contributed by atoms with Crippen LogP contribution in [-0.4, -0.2) is 24.6 Å². The van der Waals surface area contributed by atoms with E-state index < -0.39 is 9.84 Å². The molecule has 0 amide bonds. The van der Waals surface area contributed by atoms with Crippen LogP contribution in [0.2, 0.25) is 0 Å². The van der Waals surface area contributed by atoms with Gasteiger partial charge < -0.3 is 11.1 Å². The van der Waals surface area contributed by atoms with Crippen molar-refractivity contribution in [3.8, 4) is 0 Å². The zero-order valence-corrected chi connectivity index (χ0v) is 11.6. The predicted molar refractivity (Wildman–Crippen MR) is 70.1 cm³/mol. The minimum Gasteiger partial charge on any atom is -0.382 e. The third kappa shape index (κ3) is 2.55. The molecular formula is C10H17N3O2S2. The molecule has 17 heavy (non-hydrogen) atoms. The van der Waals surface area contributed by atoms with Crippen LogP contribution in [0.5, 0.6) is 0 Å². The second kappa shape index (κ2) is 4.45. The maximum atomic E-state index is 11.9. The number of nitrogens with zero attached hydrogens (tertiary/aromatic N) is 1. The Hall–Kier alpha value is -0.820. The maximum Gasteiger partial charge on any atom is 0.184 e. The van der Waals surface area contributed by atoms with Gasteiger partial charge in [0.15, 0.2) is 15.7 Å². The molecule has 0 bridgehead atoms. The Kier molecular flexibility index (Phi) is 3.31. The maximum absolute atomic E-state index is 11.9. The van der Waals surface area contributed by atoms with Crippen molar-refractivity contribution in [1.82, 2.24) is 4.37 Å². The summed E-state index contributed by atoms with van der Waals surface area (Å²) >= 11 is 1.13. The zero-order chi connectivity index (χ0) is 12.6. The van der Waals surface area contributed by atoms with Crippen LogP contribution in [0, 0.1) is 5.92 Å². The lowest BCUT2D eigenvalue weighted by Gasteiger charge is -2.13. The highest BCUT2D eigenvalue weighted by molar-refractivity contribution is 7.91. The third-order valence-electron chi connectivity index (χ3n) is 3.05. The fraction of sp³-hybridized carbons (Fsp3) is 0.700. The minimum absolute atomic E-state index is 0.0438. The summed E-state index contributed by atoms with van der Waals surface area (Å²) in [4.78, 5) is 0.178. The van der Waals surface area contributed by atoms with Crippen molar-refractivity contribution >= 4 is 32.2 Å². The minimum atomic E-state index is -3.31. The molecule has 1 aliphatic rings. The van der Waals surface area contributed by atoms with Crippen LogP contribution in [0.15, 0.2) is 4.90 Å². The normalized spacial score (nSPS) is 18.0. The Morgan fingerprint density at radius 3 is 2.76 bits per heavy atom. The Bertz CT molecular complexity index is 506. The molecule has 1 unspecified atom stereocenters. The first-order valence-corrected chi connectivity index (χ1v) is 8.12. The summed E-state index contributed by atoms with van der Waals surface area (Å²) in [6, 6.07) is 0.278. The van der Waals surface area contributed by atoms with Crippen LogP contribution in [0.25, 0.3) is 0 Å². The van der Waals surface area contributed by atoms with E-state index in [1.165, 1.54) is 12.8 Å². The first-order valence-electron chi connectivity index (χ1n) is 5.70. The lowest BCUT2D eigenvalue weighted by molar-refractivity contribution is 0.597. The number of rotatable bonds is 5. The van der Waals surface area contributed by atoms with Gasteiger partial charge in [-0.3, -0.25) is 0 Å². The Balaban J connectivity index is 2.28. The molecule has 1 atom stereocenters. The van der Waals surface area contributed by atoms with Crippen LogP contribution in [0.1, 0.15) is 26.7 Å². The number of nitrogens with two attached hydrogens (primary N) is 1. The molecule has 3 N–H and O–H groups in total. The number of sulfone groups is 1. The van der Waals surface area contributed by atoms with Gasteiger partial charge in [-0.1, -0.05) is 6.92 Å². The van der Waals surface area contributed by atoms with Gasteiger partial charge in [0, 0.05) is 6.04 Å². The number of anilines is 2. The van der Waals surface area contributed by atoms with E-state index in [1.807, 2.05) is 0 Å². The van der Waals surface area contributed by atoms with E-state index in [9.17, 15) is 8.42 Å². The van der Waals surface area contributed by atoms with Gasteiger partial charge in [-0.15, -0.1) is 0 Å². The summed E-state index contributed by atoms with van der Waals surface area (Å²) < 4.78 is 27.8. The first kappa shape index (κ1) is 12.6. The van der Waals surface area contributed by atoms with E-state index in [0.29, 0.717) is 10.9 Å². The molecule has 96 valence electrons. The van der Waals surface area contributed by atoms with Crippen molar-refractivity contribution in [3.05, 3.63) is 0 Å². The van der Waals surface area contributed by atoms with Crippen molar-refractivity contribution in [2.45, 2.75) is 37.6 Å². The molecule has 0 saturated heterocycles. The number of hydrogen-bond acceptors (Lipinski definition) is 6. The third-order valence-corrected chi connectivity index (χ3v) is 5.77. The van der Waals surface area contributed by atoms with E-state index in [4.69, 9.17) is 5.73 Å². The van der Waals surface area contributed by atoms with Gasteiger partial charge in [0.2, 0.25) is 0 Å². The zero-order valence-electron chi connectivity index (χ0n) is 9.93. The van der Waals surface area contributed by atoms with Gasteiger partial charge >= 0.3 is 0 Å². The lowest BCUT2D eigenvalue weighted by atomic mass is 10.2. The van der Waals surface area contributed by atoms with Crippen molar-refractivity contribution in [3.63, 3.8) is 0 Å². The second-order valence-electron chi connectivity index (χ2n) is 4.40. The van der Waals surface area contributed by atoms with E-state index >= 15 is 0 Å². The molecule has 1 fully saturated rings. The lowest BCUT2D eigenvalue weighted by Crippen LogP contribution is -2.18. The number of aromatic nitrogens is 1. The average Bonchev–Trinajstić information content (AvgIpc) is 3.04.